The Labute approximate surface area is 150 Å². The van der Waals surface area contributed by atoms with Crippen molar-refractivity contribution in [2.45, 2.75) is 13.5 Å². The van der Waals surface area contributed by atoms with Gasteiger partial charge in [-0.3, -0.25) is 9.48 Å². The van der Waals surface area contributed by atoms with Crippen LogP contribution in [0.3, 0.4) is 0 Å². The number of pyridine rings is 1. The van der Waals surface area contributed by atoms with Crippen molar-refractivity contribution >= 4 is 16.8 Å². The van der Waals surface area contributed by atoms with Crippen LogP contribution in [0.2, 0.25) is 0 Å². The zero-order valence-corrected chi connectivity index (χ0v) is 14.6. The number of aromatic nitrogens is 3. The number of carbonyl (C=O) groups excluding carboxylic acids is 1. The summed E-state index contributed by atoms with van der Waals surface area (Å²) in [5.41, 5.74) is 3.88. The Morgan fingerprint density at radius 3 is 2.81 bits per heavy atom. The van der Waals surface area contributed by atoms with Crippen LogP contribution in [0.15, 0.2) is 59.3 Å². The van der Waals surface area contributed by atoms with Gasteiger partial charge in [0.05, 0.1) is 35.3 Å². The first kappa shape index (κ1) is 16.1. The number of nitrogens with one attached hydrogen (secondary N) is 1. The van der Waals surface area contributed by atoms with E-state index >= 15 is 0 Å². The first-order valence-corrected chi connectivity index (χ1v) is 8.33. The lowest BCUT2D eigenvalue weighted by atomic mass is 10.0. The topological polar surface area (TPSA) is 73.0 Å². The third-order valence-electron chi connectivity index (χ3n) is 4.25. The molecule has 0 radical (unpaired) electrons. The van der Waals surface area contributed by atoms with E-state index in [-0.39, 0.29) is 5.91 Å². The van der Waals surface area contributed by atoms with E-state index in [9.17, 15) is 4.79 Å². The van der Waals surface area contributed by atoms with Crippen LogP contribution in [-0.4, -0.2) is 20.7 Å². The first-order chi connectivity index (χ1) is 12.6. The van der Waals surface area contributed by atoms with Crippen LogP contribution in [0.4, 0.5) is 0 Å². The zero-order chi connectivity index (χ0) is 18.1. The molecular weight excluding hydrogens is 328 g/mol. The van der Waals surface area contributed by atoms with Gasteiger partial charge in [-0.05, 0) is 31.2 Å². The second-order valence-electron chi connectivity index (χ2n) is 6.14. The van der Waals surface area contributed by atoms with Gasteiger partial charge in [0.15, 0.2) is 0 Å². The van der Waals surface area contributed by atoms with Gasteiger partial charge in [-0.15, -0.1) is 0 Å². The third kappa shape index (κ3) is 2.97. The molecule has 0 saturated heterocycles. The van der Waals surface area contributed by atoms with Crippen LogP contribution >= 0.6 is 0 Å². The number of benzene rings is 1. The van der Waals surface area contributed by atoms with Gasteiger partial charge in [0.25, 0.3) is 5.91 Å². The lowest BCUT2D eigenvalue weighted by Crippen LogP contribution is -2.23. The number of rotatable bonds is 4. The molecule has 0 aliphatic rings. The van der Waals surface area contributed by atoms with Gasteiger partial charge in [0.2, 0.25) is 0 Å². The summed E-state index contributed by atoms with van der Waals surface area (Å²) in [5, 5.41) is 8.10. The number of amides is 1. The predicted octanol–water partition coefficient (Wildman–Crippen LogP) is 3.47. The molecule has 0 aliphatic carbocycles. The molecule has 0 spiro atoms. The number of fused-ring (bicyclic) bond motifs is 1. The first-order valence-electron chi connectivity index (χ1n) is 8.33. The number of carbonyl (C=O) groups is 1. The summed E-state index contributed by atoms with van der Waals surface area (Å²) in [6.45, 7) is 2.27. The van der Waals surface area contributed by atoms with Gasteiger partial charge in [0, 0.05) is 24.2 Å². The fourth-order valence-electron chi connectivity index (χ4n) is 3.03. The quantitative estimate of drug-likeness (QED) is 0.614. The van der Waals surface area contributed by atoms with E-state index in [4.69, 9.17) is 9.40 Å². The molecule has 1 aromatic carbocycles. The molecule has 26 heavy (non-hydrogen) atoms. The maximum Gasteiger partial charge on any atom is 0.252 e. The van der Waals surface area contributed by atoms with Crippen LogP contribution in [-0.2, 0) is 13.6 Å². The Kier molecular flexibility index (Phi) is 4.01. The Morgan fingerprint density at radius 1 is 1.23 bits per heavy atom. The summed E-state index contributed by atoms with van der Waals surface area (Å²) in [4.78, 5) is 17.5. The van der Waals surface area contributed by atoms with E-state index in [1.807, 2.05) is 56.6 Å². The van der Waals surface area contributed by atoms with E-state index in [0.717, 1.165) is 27.9 Å². The molecular formula is C20H18N4O2. The lowest BCUT2D eigenvalue weighted by molar-refractivity contribution is 0.0949. The van der Waals surface area contributed by atoms with Gasteiger partial charge < -0.3 is 9.73 Å². The molecule has 6 heteroatoms. The van der Waals surface area contributed by atoms with E-state index in [0.29, 0.717) is 17.9 Å². The monoisotopic (exact) mass is 346 g/mol. The molecule has 1 N–H and O–H groups in total. The van der Waals surface area contributed by atoms with Crippen molar-refractivity contribution in [1.29, 1.82) is 0 Å². The van der Waals surface area contributed by atoms with E-state index < -0.39 is 0 Å². The van der Waals surface area contributed by atoms with Crippen molar-refractivity contribution in [3.05, 3.63) is 71.9 Å². The van der Waals surface area contributed by atoms with Gasteiger partial charge >= 0.3 is 0 Å². The van der Waals surface area contributed by atoms with Crippen molar-refractivity contribution < 1.29 is 9.21 Å². The largest absolute Gasteiger partial charge is 0.467 e. The highest BCUT2D eigenvalue weighted by atomic mass is 16.3. The molecule has 3 heterocycles. The minimum atomic E-state index is -0.164. The molecule has 0 aliphatic heterocycles. The average molecular weight is 346 g/mol. The smallest absolute Gasteiger partial charge is 0.252 e. The van der Waals surface area contributed by atoms with Crippen molar-refractivity contribution in [1.82, 2.24) is 20.1 Å². The Hall–Kier alpha value is -3.41. The molecule has 4 rings (SSSR count). The third-order valence-corrected chi connectivity index (χ3v) is 4.25. The molecule has 130 valence electrons. The number of furan rings is 1. The summed E-state index contributed by atoms with van der Waals surface area (Å²) in [5.74, 6) is 0.544. The summed E-state index contributed by atoms with van der Waals surface area (Å²) < 4.78 is 7.03. The zero-order valence-electron chi connectivity index (χ0n) is 14.6. The average Bonchev–Trinajstić information content (AvgIpc) is 3.28. The van der Waals surface area contributed by atoms with Crippen LogP contribution < -0.4 is 5.32 Å². The molecule has 0 bridgehead atoms. The van der Waals surface area contributed by atoms with Crippen molar-refractivity contribution in [3.8, 4) is 11.3 Å². The minimum Gasteiger partial charge on any atom is -0.467 e. The van der Waals surface area contributed by atoms with E-state index in [1.54, 1.807) is 17.0 Å². The van der Waals surface area contributed by atoms with E-state index in [1.165, 1.54) is 0 Å². The number of hydrogen-bond donors (Lipinski definition) is 1. The number of nitrogens with zero attached hydrogens (tertiary/aromatic N) is 3. The summed E-state index contributed by atoms with van der Waals surface area (Å²) in [7, 11) is 1.87. The minimum absolute atomic E-state index is 0.164. The molecule has 0 atom stereocenters. The van der Waals surface area contributed by atoms with Crippen LogP contribution in [0.5, 0.6) is 0 Å². The molecule has 6 nitrogen and oxygen atoms in total. The van der Waals surface area contributed by atoms with Crippen molar-refractivity contribution in [3.63, 3.8) is 0 Å². The highest BCUT2D eigenvalue weighted by Gasteiger charge is 2.16. The lowest BCUT2D eigenvalue weighted by Gasteiger charge is -2.09. The number of aryl methyl sites for hydroxylation is 2. The SMILES string of the molecule is Cc1nn(C)cc1-c1cc(C(=O)NCc2ccco2)c2ccccc2n1. The summed E-state index contributed by atoms with van der Waals surface area (Å²) in [6, 6.07) is 13.1. The molecule has 0 fully saturated rings. The van der Waals surface area contributed by atoms with Crippen LogP contribution in [0.25, 0.3) is 22.2 Å². The van der Waals surface area contributed by atoms with Gasteiger partial charge in [-0.2, -0.15) is 5.10 Å². The second-order valence-corrected chi connectivity index (χ2v) is 6.14. The molecule has 0 saturated carbocycles. The highest BCUT2D eigenvalue weighted by Crippen LogP contribution is 2.26. The van der Waals surface area contributed by atoms with Crippen LogP contribution in [0, 0.1) is 6.92 Å². The summed E-state index contributed by atoms with van der Waals surface area (Å²) in [6.07, 6.45) is 3.50. The molecule has 1 amide bonds. The molecule has 0 unspecified atom stereocenters. The molecule has 3 aromatic heterocycles. The van der Waals surface area contributed by atoms with E-state index in [2.05, 4.69) is 10.4 Å². The Balaban J connectivity index is 1.77. The molecule has 4 aromatic rings. The predicted molar refractivity (Wildman–Crippen MR) is 98.6 cm³/mol. The number of para-hydroxylation sites is 1. The van der Waals surface area contributed by atoms with Crippen LogP contribution in [0.1, 0.15) is 21.8 Å². The van der Waals surface area contributed by atoms with Crippen molar-refractivity contribution in [2.24, 2.45) is 7.05 Å². The Bertz CT molecular complexity index is 1080. The normalized spacial score (nSPS) is 11.0. The van der Waals surface area contributed by atoms with Gasteiger partial charge in [-0.25, -0.2) is 4.98 Å². The van der Waals surface area contributed by atoms with Crippen molar-refractivity contribution in [2.75, 3.05) is 0 Å². The van der Waals surface area contributed by atoms with Gasteiger partial charge in [0.1, 0.15) is 5.76 Å². The fraction of sp³-hybridized carbons (Fsp3) is 0.150. The summed E-state index contributed by atoms with van der Waals surface area (Å²) >= 11 is 0. The standard InChI is InChI=1S/C20H18N4O2/c1-13-17(12-24(2)23-13)19-10-16(15-7-3-4-8-18(15)22-19)20(25)21-11-14-6-5-9-26-14/h3-10,12H,11H2,1-2H3,(H,21,25). The second kappa shape index (κ2) is 6.48. The number of hydrogen-bond acceptors (Lipinski definition) is 4. The fourth-order valence-corrected chi connectivity index (χ4v) is 3.03. The highest BCUT2D eigenvalue weighted by molar-refractivity contribution is 6.07. The maximum absolute atomic E-state index is 12.8. The maximum atomic E-state index is 12.8. The van der Waals surface area contributed by atoms with Gasteiger partial charge in [-0.1, -0.05) is 18.2 Å². The Morgan fingerprint density at radius 2 is 2.08 bits per heavy atom.